The van der Waals surface area contributed by atoms with Gasteiger partial charge >= 0.3 is 5.97 Å². The number of pyridine rings is 1. The van der Waals surface area contributed by atoms with E-state index < -0.39 is 5.97 Å². The Bertz CT molecular complexity index is 365. The molecule has 88 valence electrons. The molecule has 0 unspecified atom stereocenters. The average molecular weight is 225 g/mol. The lowest BCUT2D eigenvalue weighted by Gasteiger charge is -2.07. The van der Waals surface area contributed by atoms with E-state index in [1.165, 1.54) is 6.07 Å². The molecule has 0 fully saturated rings. The zero-order valence-electron chi connectivity index (χ0n) is 9.40. The lowest BCUT2D eigenvalue weighted by molar-refractivity contribution is 0.0695. The van der Waals surface area contributed by atoms with Crippen molar-refractivity contribution in [3.8, 4) is 5.88 Å². The summed E-state index contributed by atoms with van der Waals surface area (Å²) in [6.07, 6.45) is 0.668. The fourth-order valence-electron chi connectivity index (χ4n) is 1.17. The third-order valence-electron chi connectivity index (χ3n) is 2.00. The van der Waals surface area contributed by atoms with Gasteiger partial charge in [-0.1, -0.05) is 6.92 Å². The summed E-state index contributed by atoms with van der Waals surface area (Å²) in [5.74, 6) is -0.650. The van der Waals surface area contributed by atoms with Crippen LogP contribution in [0.5, 0.6) is 5.88 Å². The summed E-state index contributed by atoms with van der Waals surface area (Å²) in [5.41, 5.74) is 0.895. The monoisotopic (exact) mass is 225 g/mol. The Balaban J connectivity index is 2.82. The molecule has 0 aliphatic heterocycles. The van der Waals surface area contributed by atoms with Crippen molar-refractivity contribution in [2.75, 3.05) is 20.3 Å². The average Bonchev–Trinajstić information content (AvgIpc) is 2.29. The number of hydrogen-bond donors (Lipinski definition) is 1. The zero-order valence-corrected chi connectivity index (χ0v) is 9.40. The number of ether oxygens (including phenoxy) is 2. The summed E-state index contributed by atoms with van der Waals surface area (Å²) in [7, 11) is 1.57. The van der Waals surface area contributed by atoms with Crippen LogP contribution in [0.2, 0.25) is 0 Å². The summed E-state index contributed by atoms with van der Waals surface area (Å²) < 4.78 is 10.1. The number of aryl methyl sites for hydroxylation is 1. The summed E-state index contributed by atoms with van der Waals surface area (Å²) in [5, 5.41) is 8.89. The second-order valence-electron chi connectivity index (χ2n) is 3.19. The van der Waals surface area contributed by atoms with Crippen LogP contribution in [0.1, 0.15) is 23.0 Å². The maximum atomic E-state index is 10.8. The van der Waals surface area contributed by atoms with Crippen LogP contribution in [0.25, 0.3) is 0 Å². The number of methoxy groups -OCH3 is 1. The Morgan fingerprint density at radius 2 is 2.19 bits per heavy atom. The highest BCUT2D eigenvalue weighted by Crippen LogP contribution is 2.13. The predicted molar refractivity (Wildman–Crippen MR) is 57.9 cm³/mol. The van der Waals surface area contributed by atoms with Crippen molar-refractivity contribution in [3.05, 3.63) is 23.4 Å². The predicted octanol–water partition coefficient (Wildman–Crippen LogP) is 1.37. The number of nitrogens with zero attached hydrogens (tertiary/aromatic N) is 1. The highest BCUT2D eigenvalue weighted by molar-refractivity contribution is 5.88. The lowest BCUT2D eigenvalue weighted by Crippen LogP contribution is -2.08. The summed E-state index contributed by atoms with van der Waals surface area (Å²) >= 11 is 0. The molecule has 16 heavy (non-hydrogen) atoms. The minimum atomic E-state index is -0.978. The largest absolute Gasteiger partial charge is 0.478 e. The van der Waals surface area contributed by atoms with Crippen molar-refractivity contribution < 1.29 is 19.4 Å². The van der Waals surface area contributed by atoms with Crippen LogP contribution < -0.4 is 4.74 Å². The molecule has 1 N–H and O–H groups in total. The first-order valence-electron chi connectivity index (χ1n) is 5.03. The molecule has 5 heteroatoms. The van der Waals surface area contributed by atoms with E-state index in [1.54, 1.807) is 13.2 Å². The van der Waals surface area contributed by atoms with Gasteiger partial charge in [-0.25, -0.2) is 9.78 Å². The minimum Gasteiger partial charge on any atom is -0.478 e. The van der Waals surface area contributed by atoms with Crippen molar-refractivity contribution in [1.29, 1.82) is 0 Å². The van der Waals surface area contributed by atoms with Crippen molar-refractivity contribution in [1.82, 2.24) is 4.98 Å². The quantitative estimate of drug-likeness (QED) is 0.740. The molecule has 0 aliphatic rings. The molecule has 1 aromatic heterocycles. The van der Waals surface area contributed by atoms with Gasteiger partial charge in [-0.15, -0.1) is 0 Å². The standard InChI is InChI=1S/C11H15NO4/c1-3-9-6-8(11(13)14)7-10(12-9)16-5-4-15-2/h6-7H,3-5H2,1-2H3,(H,13,14). The molecule has 0 saturated heterocycles. The molecule has 0 atom stereocenters. The molecule has 0 amide bonds. The fraction of sp³-hybridized carbons (Fsp3) is 0.455. The highest BCUT2D eigenvalue weighted by atomic mass is 16.5. The molecular formula is C11H15NO4. The van der Waals surface area contributed by atoms with Crippen LogP contribution in [0, 0.1) is 0 Å². The van der Waals surface area contributed by atoms with Crippen LogP contribution in [0.15, 0.2) is 12.1 Å². The minimum absolute atomic E-state index is 0.194. The summed E-state index contributed by atoms with van der Waals surface area (Å²) in [6, 6.07) is 2.96. The molecule has 0 aliphatic carbocycles. The molecule has 1 heterocycles. The third-order valence-corrected chi connectivity index (χ3v) is 2.00. The molecule has 5 nitrogen and oxygen atoms in total. The number of carboxylic acids is 1. The van der Waals surface area contributed by atoms with Gasteiger partial charge in [-0.2, -0.15) is 0 Å². The number of rotatable bonds is 6. The fourth-order valence-corrected chi connectivity index (χ4v) is 1.17. The molecule has 0 bridgehead atoms. The van der Waals surface area contributed by atoms with Gasteiger partial charge in [0.05, 0.1) is 12.2 Å². The number of hydrogen-bond acceptors (Lipinski definition) is 4. The Labute approximate surface area is 94.0 Å². The normalized spacial score (nSPS) is 10.1. The van der Waals surface area contributed by atoms with Gasteiger partial charge in [-0.05, 0) is 12.5 Å². The second kappa shape index (κ2) is 6.07. The van der Waals surface area contributed by atoms with Gasteiger partial charge in [0.2, 0.25) is 5.88 Å². The zero-order chi connectivity index (χ0) is 12.0. The topological polar surface area (TPSA) is 68.7 Å². The van der Waals surface area contributed by atoms with Crippen molar-refractivity contribution in [3.63, 3.8) is 0 Å². The number of aromatic carboxylic acids is 1. The van der Waals surface area contributed by atoms with Crippen LogP contribution in [-0.4, -0.2) is 36.4 Å². The van der Waals surface area contributed by atoms with E-state index in [1.807, 2.05) is 6.92 Å². The Hall–Kier alpha value is -1.62. The number of carboxylic acid groups (broad SMARTS) is 1. The summed E-state index contributed by atoms with van der Waals surface area (Å²) in [4.78, 5) is 15.0. The first-order chi connectivity index (χ1) is 7.67. The lowest BCUT2D eigenvalue weighted by atomic mass is 10.2. The van der Waals surface area contributed by atoms with Crippen LogP contribution in [0.3, 0.4) is 0 Å². The van der Waals surface area contributed by atoms with Gasteiger partial charge in [0.25, 0.3) is 0 Å². The molecule has 0 aromatic carbocycles. The number of carbonyl (C=O) groups is 1. The Morgan fingerprint density at radius 1 is 1.44 bits per heavy atom. The van der Waals surface area contributed by atoms with Gasteiger partial charge in [0.15, 0.2) is 0 Å². The Morgan fingerprint density at radius 3 is 2.75 bits per heavy atom. The van der Waals surface area contributed by atoms with E-state index in [9.17, 15) is 4.79 Å². The van der Waals surface area contributed by atoms with Gasteiger partial charge in [0.1, 0.15) is 6.61 Å². The van der Waals surface area contributed by atoms with Crippen LogP contribution >= 0.6 is 0 Å². The van der Waals surface area contributed by atoms with Crippen molar-refractivity contribution >= 4 is 5.97 Å². The van der Waals surface area contributed by atoms with Crippen LogP contribution in [-0.2, 0) is 11.2 Å². The van der Waals surface area contributed by atoms with E-state index in [4.69, 9.17) is 14.6 Å². The molecule has 0 saturated carbocycles. The Kier molecular flexibility index (Phi) is 4.72. The SMILES string of the molecule is CCc1cc(C(=O)O)cc(OCCOC)n1. The van der Waals surface area contributed by atoms with E-state index in [-0.39, 0.29) is 5.56 Å². The molecule has 1 rings (SSSR count). The maximum absolute atomic E-state index is 10.8. The highest BCUT2D eigenvalue weighted by Gasteiger charge is 2.08. The van der Waals surface area contributed by atoms with Crippen molar-refractivity contribution in [2.24, 2.45) is 0 Å². The first-order valence-corrected chi connectivity index (χ1v) is 5.03. The van der Waals surface area contributed by atoms with E-state index in [0.717, 1.165) is 0 Å². The molecule has 0 radical (unpaired) electrons. The summed E-state index contributed by atoms with van der Waals surface area (Å²) in [6.45, 7) is 2.71. The third kappa shape index (κ3) is 3.51. The van der Waals surface area contributed by atoms with Crippen molar-refractivity contribution in [2.45, 2.75) is 13.3 Å². The first kappa shape index (κ1) is 12.4. The maximum Gasteiger partial charge on any atom is 0.335 e. The smallest absolute Gasteiger partial charge is 0.335 e. The van der Waals surface area contributed by atoms with Crippen LogP contribution in [0.4, 0.5) is 0 Å². The van der Waals surface area contributed by atoms with Gasteiger partial charge in [-0.3, -0.25) is 0 Å². The van der Waals surface area contributed by atoms with E-state index >= 15 is 0 Å². The molecular weight excluding hydrogens is 210 g/mol. The molecule has 1 aromatic rings. The second-order valence-corrected chi connectivity index (χ2v) is 3.19. The van der Waals surface area contributed by atoms with E-state index in [0.29, 0.717) is 31.2 Å². The van der Waals surface area contributed by atoms with Gasteiger partial charge in [0, 0.05) is 18.9 Å². The number of aromatic nitrogens is 1. The van der Waals surface area contributed by atoms with E-state index in [2.05, 4.69) is 4.98 Å². The van der Waals surface area contributed by atoms with Gasteiger partial charge < -0.3 is 14.6 Å². The molecule has 0 spiro atoms.